The maximum absolute atomic E-state index is 15.4. The van der Waals surface area contributed by atoms with Crippen LogP contribution in [0.4, 0.5) is 4.39 Å². The maximum Gasteiger partial charge on any atom is 0.374 e. The van der Waals surface area contributed by atoms with Gasteiger partial charge >= 0.3 is 17.5 Å². The van der Waals surface area contributed by atoms with Crippen LogP contribution in [0.25, 0.3) is 0 Å². The topological polar surface area (TPSA) is 134 Å². The van der Waals surface area contributed by atoms with Gasteiger partial charge in [0.2, 0.25) is 0 Å². The first-order chi connectivity index (χ1) is 13.6. The van der Waals surface area contributed by atoms with E-state index in [9.17, 15) is 22.8 Å². The number of esters is 1. The second-order valence-electron chi connectivity index (χ2n) is 6.28. The van der Waals surface area contributed by atoms with Crippen molar-refractivity contribution in [2.45, 2.75) is 36.4 Å². The largest absolute Gasteiger partial charge is 0.465 e. The Hall–Kier alpha value is -2.83. The Labute approximate surface area is 164 Å². The van der Waals surface area contributed by atoms with Gasteiger partial charge < -0.3 is 9.47 Å². The van der Waals surface area contributed by atoms with E-state index in [1.807, 2.05) is 4.98 Å². The summed E-state index contributed by atoms with van der Waals surface area (Å²) in [5, 5.41) is 0. The lowest BCUT2D eigenvalue weighted by atomic mass is 10.1. The van der Waals surface area contributed by atoms with Gasteiger partial charge in [0, 0.05) is 18.2 Å². The first-order valence-corrected chi connectivity index (χ1v) is 9.75. The van der Waals surface area contributed by atoms with Crippen molar-refractivity contribution in [3.8, 4) is 0 Å². The number of rotatable bonds is 5. The summed E-state index contributed by atoms with van der Waals surface area (Å²) >= 11 is 0. The van der Waals surface area contributed by atoms with Gasteiger partial charge in [-0.2, -0.15) is 12.8 Å². The highest BCUT2D eigenvalue weighted by molar-refractivity contribution is 7.86. The molecular formula is C17H17FN2O8S. The van der Waals surface area contributed by atoms with E-state index in [-0.39, 0.29) is 10.5 Å². The highest BCUT2D eigenvalue weighted by atomic mass is 32.2. The Morgan fingerprint density at radius 2 is 1.97 bits per heavy atom. The fourth-order valence-electron chi connectivity index (χ4n) is 2.84. The number of alkyl halides is 1. The Morgan fingerprint density at radius 3 is 2.59 bits per heavy atom. The summed E-state index contributed by atoms with van der Waals surface area (Å²) in [6, 6.07) is 6.92. The van der Waals surface area contributed by atoms with Crippen molar-refractivity contribution in [1.29, 1.82) is 0 Å². The van der Waals surface area contributed by atoms with Gasteiger partial charge in [0.1, 0.15) is 6.23 Å². The zero-order valence-electron chi connectivity index (χ0n) is 15.3. The lowest BCUT2D eigenvalue weighted by molar-refractivity contribution is -0.213. The number of aromatic nitrogens is 2. The lowest BCUT2D eigenvalue weighted by Crippen LogP contribution is -2.46. The summed E-state index contributed by atoms with van der Waals surface area (Å²) in [5.41, 5.74) is -1.45. The zero-order valence-corrected chi connectivity index (χ0v) is 16.1. The summed E-state index contributed by atoms with van der Waals surface area (Å²) in [5.74, 6) is -4.83. The number of carbonyl (C=O) groups is 1. The Kier molecular flexibility index (Phi) is 5.43. The summed E-state index contributed by atoms with van der Waals surface area (Å²) < 4.78 is 55.6. The molecule has 3 rings (SSSR count). The first kappa shape index (κ1) is 20.9. The molecule has 29 heavy (non-hydrogen) atoms. The molecule has 0 unspecified atom stereocenters. The molecule has 0 spiro atoms. The number of nitrogens with zero attached hydrogens (tertiary/aromatic N) is 1. The second-order valence-corrected chi connectivity index (χ2v) is 7.85. The molecule has 0 radical (unpaired) electrons. The van der Waals surface area contributed by atoms with Gasteiger partial charge in [0.15, 0.2) is 6.10 Å². The van der Waals surface area contributed by atoms with Crippen LogP contribution in [0.15, 0.2) is 51.0 Å². The van der Waals surface area contributed by atoms with Gasteiger partial charge in [-0.15, -0.1) is 0 Å². The number of halogens is 1. The molecule has 10 nitrogen and oxygen atoms in total. The molecule has 3 atom stereocenters. The predicted molar refractivity (Wildman–Crippen MR) is 95.2 cm³/mol. The predicted octanol–water partition coefficient (Wildman–Crippen LogP) is 0.377. The minimum atomic E-state index is -4.46. The van der Waals surface area contributed by atoms with Crippen LogP contribution in [0.1, 0.15) is 18.2 Å². The van der Waals surface area contributed by atoms with E-state index in [1.165, 1.54) is 31.2 Å². The van der Waals surface area contributed by atoms with E-state index in [2.05, 4.69) is 4.74 Å². The van der Waals surface area contributed by atoms with Crippen molar-refractivity contribution in [2.24, 2.45) is 0 Å². The number of carbonyl (C=O) groups excluding carboxylic acids is 1. The van der Waals surface area contributed by atoms with Gasteiger partial charge in [-0.1, -0.05) is 18.2 Å². The van der Waals surface area contributed by atoms with Crippen LogP contribution < -0.4 is 11.2 Å². The molecule has 12 heteroatoms. The van der Waals surface area contributed by atoms with E-state index in [1.54, 1.807) is 6.07 Å². The number of ether oxygens (including phenoxy) is 2. The molecule has 1 N–H and O–H groups in total. The Bertz CT molecular complexity index is 1140. The SMILES string of the molecule is COC(=O)[C@@]1(F)O[C@@H](n2cc(C)c(=O)[nH]c2=O)C[C@H]1OS(=O)(=O)c1ccccc1. The van der Waals surface area contributed by atoms with E-state index < -0.39 is 51.9 Å². The quantitative estimate of drug-likeness (QED) is 0.534. The minimum absolute atomic E-state index is 0.122. The first-order valence-electron chi connectivity index (χ1n) is 8.34. The fourth-order valence-corrected chi connectivity index (χ4v) is 3.95. The molecule has 0 amide bonds. The molecule has 0 saturated carbocycles. The van der Waals surface area contributed by atoms with E-state index in [0.29, 0.717) is 0 Å². The zero-order chi connectivity index (χ0) is 21.4. The van der Waals surface area contributed by atoms with Crippen molar-refractivity contribution in [3.63, 3.8) is 0 Å². The summed E-state index contributed by atoms with van der Waals surface area (Å²) in [6.45, 7) is 1.40. The van der Waals surface area contributed by atoms with Gasteiger partial charge in [0.05, 0.1) is 12.0 Å². The number of aryl methyl sites for hydroxylation is 1. The molecule has 156 valence electrons. The van der Waals surface area contributed by atoms with Gasteiger partial charge in [0.25, 0.3) is 15.7 Å². The number of benzene rings is 1. The van der Waals surface area contributed by atoms with Gasteiger partial charge in [-0.25, -0.2) is 9.59 Å². The molecule has 0 aliphatic carbocycles. The van der Waals surface area contributed by atoms with Crippen molar-refractivity contribution >= 4 is 16.1 Å². The molecule has 1 fully saturated rings. The molecule has 2 aromatic rings. The standard InChI is InChI=1S/C17H17FN2O8S/c1-10-9-20(16(23)19-14(10)21)13-8-12(17(18,27-13)15(22)26-2)28-29(24,25)11-6-4-3-5-7-11/h3-7,9,12-13H,8H2,1-2H3,(H,19,21,23)/t12-,13-,17+/m1/s1. The molecule has 1 aliphatic rings. The number of methoxy groups -OCH3 is 1. The summed E-state index contributed by atoms with van der Waals surface area (Å²) in [6.07, 6.45) is -2.79. The highest BCUT2D eigenvalue weighted by Crippen LogP contribution is 2.41. The second kappa shape index (κ2) is 7.54. The van der Waals surface area contributed by atoms with Crippen LogP contribution in [-0.2, 0) is 28.6 Å². The van der Waals surface area contributed by atoms with Crippen molar-refractivity contribution in [2.75, 3.05) is 7.11 Å². The molecule has 2 heterocycles. The molecule has 1 saturated heterocycles. The average Bonchev–Trinajstić information content (AvgIpc) is 3.01. The van der Waals surface area contributed by atoms with Crippen LogP contribution in [0.5, 0.6) is 0 Å². The summed E-state index contributed by atoms with van der Waals surface area (Å²) in [4.78, 5) is 37.4. The Balaban J connectivity index is 1.99. The number of hydrogen-bond donors (Lipinski definition) is 1. The molecule has 1 aromatic carbocycles. The molecular weight excluding hydrogens is 411 g/mol. The summed E-state index contributed by atoms with van der Waals surface area (Å²) in [7, 11) is -3.57. The van der Waals surface area contributed by atoms with E-state index >= 15 is 4.39 Å². The fraction of sp³-hybridized carbons (Fsp3) is 0.353. The number of nitrogens with one attached hydrogen (secondary N) is 1. The highest BCUT2D eigenvalue weighted by Gasteiger charge is 2.60. The minimum Gasteiger partial charge on any atom is -0.465 e. The number of hydrogen-bond acceptors (Lipinski definition) is 8. The van der Waals surface area contributed by atoms with Crippen LogP contribution in [-0.4, -0.2) is 43.0 Å². The molecule has 0 bridgehead atoms. The lowest BCUT2D eigenvalue weighted by Gasteiger charge is -2.23. The Morgan fingerprint density at radius 1 is 1.31 bits per heavy atom. The van der Waals surface area contributed by atoms with Crippen LogP contribution in [0, 0.1) is 6.92 Å². The molecule has 1 aromatic heterocycles. The molecule has 1 aliphatic heterocycles. The van der Waals surface area contributed by atoms with Crippen LogP contribution in [0.3, 0.4) is 0 Å². The normalized spacial score (nSPS) is 24.4. The van der Waals surface area contributed by atoms with E-state index in [4.69, 9.17) is 8.92 Å². The van der Waals surface area contributed by atoms with Gasteiger partial charge in [-0.3, -0.25) is 18.5 Å². The van der Waals surface area contributed by atoms with Crippen molar-refractivity contribution < 1.29 is 31.3 Å². The third kappa shape index (κ3) is 3.86. The van der Waals surface area contributed by atoms with Crippen LogP contribution in [0.2, 0.25) is 0 Å². The maximum atomic E-state index is 15.4. The number of aromatic amines is 1. The third-order valence-corrected chi connectivity index (χ3v) is 5.67. The van der Waals surface area contributed by atoms with Crippen molar-refractivity contribution in [3.05, 3.63) is 62.9 Å². The van der Waals surface area contributed by atoms with E-state index in [0.717, 1.165) is 17.9 Å². The third-order valence-electron chi connectivity index (χ3n) is 4.33. The van der Waals surface area contributed by atoms with Crippen molar-refractivity contribution in [1.82, 2.24) is 9.55 Å². The van der Waals surface area contributed by atoms with Crippen LogP contribution >= 0.6 is 0 Å². The monoisotopic (exact) mass is 428 g/mol. The number of H-pyrrole nitrogens is 1. The average molecular weight is 428 g/mol. The van der Waals surface area contributed by atoms with Gasteiger partial charge in [-0.05, 0) is 19.1 Å². The smallest absolute Gasteiger partial charge is 0.374 e.